The van der Waals surface area contributed by atoms with E-state index in [1.54, 1.807) is 0 Å². The quantitative estimate of drug-likeness (QED) is 0.0418. The first-order valence-electron chi connectivity index (χ1n) is 17.7. The van der Waals surface area contributed by atoms with Gasteiger partial charge >= 0.3 is 0 Å². The fraction of sp³-hybridized carbons (Fsp3) is 0.917. The van der Waals surface area contributed by atoms with Crippen LogP contribution in [0.4, 0.5) is 0 Å². The Hall–Kier alpha value is -0.710. The molecule has 0 atom stereocenters. The van der Waals surface area contributed by atoms with Gasteiger partial charge in [0.2, 0.25) is 0 Å². The highest BCUT2D eigenvalue weighted by Crippen LogP contribution is 2.14. The molecule has 3 N–H and O–H groups in total. The fourth-order valence-corrected chi connectivity index (χ4v) is 5.04. The van der Waals surface area contributed by atoms with Crippen molar-refractivity contribution in [1.29, 1.82) is 0 Å². The molecule has 4 heteroatoms. The van der Waals surface area contributed by atoms with Crippen LogP contribution >= 0.6 is 0 Å². The van der Waals surface area contributed by atoms with Crippen LogP contribution in [0.3, 0.4) is 0 Å². The molecule has 0 aliphatic carbocycles. The highest BCUT2D eigenvalue weighted by atomic mass is 16.3. The van der Waals surface area contributed by atoms with Gasteiger partial charge in [0.05, 0.1) is 0 Å². The minimum atomic E-state index is 0.351. The Balaban J connectivity index is 0. The summed E-state index contributed by atoms with van der Waals surface area (Å²) in [5, 5.41) is 26.0. The maximum Gasteiger partial charge on any atom is 0.119 e. The molecule has 0 aliphatic rings. The van der Waals surface area contributed by atoms with Crippen LogP contribution < -0.4 is 0 Å². The van der Waals surface area contributed by atoms with E-state index in [0.29, 0.717) is 19.8 Å². The maximum absolute atomic E-state index is 10.1. The van der Waals surface area contributed by atoms with E-state index >= 15 is 0 Å². The number of aldehydes is 1. The highest BCUT2D eigenvalue weighted by molar-refractivity contribution is 5.48. The van der Waals surface area contributed by atoms with Crippen molar-refractivity contribution in [2.24, 2.45) is 0 Å². The normalized spacial score (nSPS) is 11.2. The first-order chi connectivity index (χ1) is 19.8. The Morgan fingerprint density at radius 1 is 0.275 bits per heavy atom. The van der Waals surface area contributed by atoms with Crippen LogP contribution in [-0.4, -0.2) is 41.4 Å². The predicted octanol–water partition coefficient (Wildman–Crippen LogP) is 10.4. The summed E-state index contributed by atoms with van der Waals surface area (Å²) in [6.45, 7) is 1.06. The van der Waals surface area contributed by atoms with Crippen molar-refractivity contribution >= 4 is 6.29 Å². The van der Waals surface area contributed by atoms with Crippen molar-refractivity contribution in [1.82, 2.24) is 0 Å². The lowest BCUT2D eigenvalue weighted by molar-refractivity contribution is -0.107. The molecule has 0 heterocycles. The van der Waals surface area contributed by atoms with Gasteiger partial charge in [0, 0.05) is 26.2 Å². The standard InChI is InChI=1S/2C18H36O2/c2*19-17-15-13-11-9-7-5-3-1-2-4-6-8-10-12-14-16-18-20/h17,20H,1-16,18H2;1-2,19-20H,3-18H2/b;2-1+. The minimum Gasteiger partial charge on any atom is -0.396 e. The Bertz CT molecular complexity index is 432. The van der Waals surface area contributed by atoms with Gasteiger partial charge in [-0.25, -0.2) is 0 Å². The third kappa shape index (κ3) is 44.3. The number of aliphatic hydroxyl groups excluding tert-OH is 3. The molecule has 240 valence electrons. The number of hydrogen-bond acceptors (Lipinski definition) is 4. The molecule has 0 saturated carbocycles. The molecular formula is C36H72O4. The van der Waals surface area contributed by atoms with Crippen LogP contribution in [0.15, 0.2) is 12.2 Å². The van der Waals surface area contributed by atoms with Crippen molar-refractivity contribution in [2.75, 3.05) is 19.8 Å². The van der Waals surface area contributed by atoms with E-state index in [2.05, 4.69) is 12.2 Å². The number of unbranched alkanes of at least 4 members (excludes halogenated alkanes) is 27. The van der Waals surface area contributed by atoms with Gasteiger partial charge in [-0.05, 0) is 51.4 Å². The van der Waals surface area contributed by atoms with Crippen LogP contribution in [0.2, 0.25) is 0 Å². The van der Waals surface area contributed by atoms with Crippen molar-refractivity contribution in [3.63, 3.8) is 0 Å². The number of aliphatic hydroxyl groups is 3. The Morgan fingerprint density at radius 3 is 0.700 bits per heavy atom. The molecule has 4 nitrogen and oxygen atoms in total. The minimum absolute atomic E-state index is 0.351. The number of hydrogen-bond donors (Lipinski definition) is 3. The molecule has 0 bridgehead atoms. The Kier molecular flexibility index (Phi) is 44.3. The fourth-order valence-electron chi connectivity index (χ4n) is 5.04. The summed E-state index contributed by atoms with van der Waals surface area (Å²) < 4.78 is 0. The van der Waals surface area contributed by atoms with Crippen molar-refractivity contribution in [3.8, 4) is 0 Å². The zero-order valence-electron chi connectivity index (χ0n) is 26.8. The third-order valence-electron chi connectivity index (χ3n) is 7.70. The van der Waals surface area contributed by atoms with Crippen LogP contribution in [0.1, 0.15) is 193 Å². The van der Waals surface area contributed by atoms with Crippen LogP contribution in [-0.2, 0) is 4.79 Å². The van der Waals surface area contributed by atoms with Crippen molar-refractivity contribution in [2.45, 2.75) is 193 Å². The molecule has 0 amide bonds. The van der Waals surface area contributed by atoms with Gasteiger partial charge in [-0.2, -0.15) is 0 Å². The molecule has 0 fully saturated rings. The summed E-state index contributed by atoms with van der Waals surface area (Å²) in [4.78, 5) is 10.1. The molecule has 40 heavy (non-hydrogen) atoms. The topological polar surface area (TPSA) is 77.8 Å². The first-order valence-corrected chi connectivity index (χ1v) is 17.7. The van der Waals surface area contributed by atoms with Crippen molar-refractivity contribution in [3.05, 3.63) is 12.2 Å². The summed E-state index contributed by atoms with van der Waals surface area (Å²) >= 11 is 0. The lowest BCUT2D eigenvalue weighted by Gasteiger charge is -2.03. The molecule has 0 spiro atoms. The smallest absolute Gasteiger partial charge is 0.119 e. The summed E-state index contributed by atoms with van der Waals surface area (Å²) in [5.74, 6) is 0. The highest BCUT2D eigenvalue weighted by Gasteiger charge is 1.95. The maximum atomic E-state index is 10.1. The van der Waals surface area contributed by atoms with E-state index in [4.69, 9.17) is 15.3 Å². The van der Waals surface area contributed by atoms with Gasteiger partial charge in [-0.15, -0.1) is 0 Å². The summed E-state index contributed by atoms with van der Waals surface area (Å²) in [7, 11) is 0. The molecule has 0 aromatic carbocycles. The molecule has 0 unspecified atom stereocenters. The Morgan fingerprint density at radius 2 is 0.475 bits per heavy atom. The monoisotopic (exact) mass is 569 g/mol. The third-order valence-corrected chi connectivity index (χ3v) is 7.70. The van der Waals surface area contributed by atoms with E-state index in [-0.39, 0.29) is 0 Å². The summed E-state index contributed by atoms with van der Waals surface area (Å²) in [5.41, 5.74) is 0. The van der Waals surface area contributed by atoms with Crippen molar-refractivity contribution < 1.29 is 20.1 Å². The van der Waals surface area contributed by atoms with Gasteiger partial charge in [0.1, 0.15) is 6.29 Å². The van der Waals surface area contributed by atoms with E-state index in [9.17, 15) is 4.79 Å². The molecular weight excluding hydrogens is 496 g/mol. The molecule has 0 rings (SSSR count). The Labute approximate surface area is 250 Å². The number of allylic oxidation sites excluding steroid dienone is 2. The van der Waals surface area contributed by atoms with Gasteiger partial charge < -0.3 is 20.1 Å². The van der Waals surface area contributed by atoms with E-state index < -0.39 is 0 Å². The zero-order valence-corrected chi connectivity index (χ0v) is 26.8. The first kappa shape index (κ1) is 41.4. The molecule has 0 saturated heterocycles. The number of carbonyl (C=O) groups excluding carboxylic acids is 1. The second-order valence-corrected chi connectivity index (χ2v) is 11.7. The SMILES string of the molecule is O=CCCCCCCCCCCCCCCCCCO.OCCCCCCCC/C=C/CCCCCCCCO. The van der Waals surface area contributed by atoms with E-state index in [0.717, 1.165) is 38.4 Å². The summed E-state index contributed by atoms with van der Waals surface area (Å²) in [6, 6.07) is 0. The van der Waals surface area contributed by atoms with Gasteiger partial charge in [0.25, 0.3) is 0 Å². The second kappa shape index (κ2) is 42.8. The van der Waals surface area contributed by atoms with Gasteiger partial charge in [-0.3, -0.25) is 0 Å². The lowest BCUT2D eigenvalue weighted by atomic mass is 10.0. The second-order valence-electron chi connectivity index (χ2n) is 11.7. The molecule has 0 aromatic rings. The average Bonchev–Trinajstić information content (AvgIpc) is 2.97. The van der Waals surface area contributed by atoms with Crippen LogP contribution in [0.25, 0.3) is 0 Å². The largest absolute Gasteiger partial charge is 0.396 e. The lowest BCUT2D eigenvalue weighted by Crippen LogP contribution is -1.85. The summed E-state index contributed by atoms with van der Waals surface area (Å²) in [6.07, 6.45) is 43.3. The molecule has 0 aliphatic heterocycles. The van der Waals surface area contributed by atoms with Gasteiger partial charge in [0.15, 0.2) is 0 Å². The van der Waals surface area contributed by atoms with E-state index in [1.165, 1.54) is 161 Å². The number of carbonyl (C=O) groups is 1. The molecule has 0 radical (unpaired) electrons. The molecule has 0 aromatic heterocycles. The predicted molar refractivity (Wildman–Crippen MR) is 175 cm³/mol. The average molecular weight is 569 g/mol. The van der Waals surface area contributed by atoms with Crippen LogP contribution in [0.5, 0.6) is 0 Å². The van der Waals surface area contributed by atoms with Gasteiger partial charge in [-0.1, -0.05) is 147 Å². The number of rotatable bonds is 33. The van der Waals surface area contributed by atoms with Crippen LogP contribution in [0, 0.1) is 0 Å². The zero-order chi connectivity index (χ0) is 29.5. The van der Waals surface area contributed by atoms with E-state index in [1.807, 2.05) is 0 Å².